The minimum atomic E-state index is -1.23. The van der Waals surface area contributed by atoms with Gasteiger partial charge in [-0.2, -0.15) is 0 Å². The van der Waals surface area contributed by atoms with Crippen LogP contribution in [0.3, 0.4) is 0 Å². The molecule has 2 aliphatic carbocycles. The predicted molar refractivity (Wildman–Crippen MR) is 87.5 cm³/mol. The number of hydrogen-bond acceptors (Lipinski definition) is 8. The molecule has 0 radical (unpaired) electrons. The van der Waals surface area contributed by atoms with Crippen LogP contribution in [0, 0.1) is 5.92 Å². The van der Waals surface area contributed by atoms with Gasteiger partial charge < -0.3 is 18.9 Å². The minimum Gasteiger partial charge on any atom is -0.422 e. The topological polar surface area (TPSA) is 105 Å². The monoisotopic (exact) mass is 376 g/mol. The lowest BCUT2D eigenvalue weighted by Gasteiger charge is -2.34. The molecule has 2 saturated carbocycles. The molecule has 0 aromatic rings. The first-order valence-corrected chi connectivity index (χ1v) is 9.23. The number of rotatable bonds is 2. The van der Waals surface area contributed by atoms with Gasteiger partial charge in [0.2, 0.25) is 0 Å². The minimum absolute atomic E-state index is 0.284. The first-order chi connectivity index (χ1) is 12.9. The van der Waals surface area contributed by atoms with Crippen molar-refractivity contribution >= 4 is 23.9 Å². The molecule has 0 aromatic carbocycles. The van der Waals surface area contributed by atoms with Crippen molar-refractivity contribution in [1.82, 2.24) is 0 Å². The number of carbonyl (C=O) groups is 4. The number of ether oxygens (including phenoxy) is 4. The molecule has 4 fully saturated rings. The molecule has 2 heterocycles. The summed E-state index contributed by atoms with van der Waals surface area (Å²) < 4.78 is 21.3. The van der Waals surface area contributed by atoms with Gasteiger partial charge in [-0.1, -0.05) is 12.2 Å². The van der Waals surface area contributed by atoms with E-state index in [1.165, 1.54) is 18.2 Å². The Labute approximate surface area is 155 Å². The van der Waals surface area contributed by atoms with Crippen LogP contribution >= 0.6 is 0 Å². The van der Waals surface area contributed by atoms with Crippen molar-refractivity contribution in [1.29, 1.82) is 0 Å². The third-order valence-corrected chi connectivity index (χ3v) is 5.38. The van der Waals surface area contributed by atoms with Gasteiger partial charge in [-0.25, -0.2) is 9.59 Å². The van der Waals surface area contributed by atoms with E-state index >= 15 is 0 Å². The highest BCUT2D eigenvalue weighted by Gasteiger charge is 2.50. The summed E-state index contributed by atoms with van der Waals surface area (Å²) >= 11 is 0. The average Bonchev–Trinajstić information content (AvgIpc) is 3.22. The predicted octanol–water partition coefficient (Wildman–Crippen LogP) is 1.83. The highest BCUT2D eigenvalue weighted by molar-refractivity contribution is 6.15. The van der Waals surface area contributed by atoms with E-state index in [4.69, 9.17) is 18.9 Å². The molecule has 0 amide bonds. The van der Waals surface area contributed by atoms with E-state index in [2.05, 4.69) is 0 Å². The third kappa shape index (κ3) is 3.24. The molecule has 144 valence electrons. The Bertz CT molecular complexity index is 708. The Morgan fingerprint density at radius 1 is 0.704 bits per heavy atom. The van der Waals surface area contributed by atoms with Crippen molar-refractivity contribution in [2.24, 2.45) is 5.92 Å². The summed E-state index contributed by atoms with van der Waals surface area (Å²) in [5, 5.41) is 0. The van der Waals surface area contributed by atoms with Crippen LogP contribution in [-0.2, 0) is 38.1 Å². The van der Waals surface area contributed by atoms with E-state index in [1.807, 2.05) is 0 Å². The second-order valence-electron chi connectivity index (χ2n) is 7.30. The van der Waals surface area contributed by atoms with Gasteiger partial charge in [-0.05, 0) is 31.8 Å². The number of carbonyl (C=O) groups excluding carboxylic acids is 4. The van der Waals surface area contributed by atoms with E-state index in [-0.39, 0.29) is 5.57 Å². The molecule has 4 rings (SSSR count). The first kappa shape index (κ1) is 17.8. The molecule has 0 aromatic heterocycles. The smallest absolute Gasteiger partial charge is 0.348 e. The highest BCUT2D eigenvalue weighted by atomic mass is 16.8. The van der Waals surface area contributed by atoms with E-state index in [0.717, 1.165) is 25.7 Å². The van der Waals surface area contributed by atoms with Gasteiger partial charge in [0, 0.05) is 25.7 Å². The lowest BCUT2D eigenvalue weighted by molar-refractivity contribution is -0.247. The quantitative estimate of drug-likeness (QED) is 0.311. The first-order valence-electron chi connectivity index (χ1n) is 9.23. The standard InChI is InChI=1S/C19H20O8/c20-14-12(15(21)25-18(24-14)8-1-2-9-18)6-5-7-13-16(22)26-19(27-17(13)23)10-3-4-11-19/h5-7,12H,1-4,8-11H2. The summed E-state index contributed by atoms with van der Waals surface area (Å²) in [5.74, 6) is -6.41. The Morgan fingerprint density at radius 3 is 1.63 bits per heavy atom. The van der Waals surface area contributed by atoms with Crippen LogP contribution in [0.25, 0.3) is 0 Å². The molecule has 8 nitrogen and oxygen atoms in total. The van der Waals surface area contributed by atoms with E-state index < -0.39 is 41.4 Å². The van der Waals surface area contributed by atoms with Gasteiger partial charge >= 0.3 is 23.9 Å². The van der Waals surface area contributed by atoms with E-state index in [9.17, 15) is 19.2 Å². The largest absolute Gasteiger partial charge is 0.422 e. The molecule has 2 spiro atoms. The van der Waals surface area contributed by atoms with Crippen LogP contribution in [0.4, 0.5) is 0 Å². The van der Waals surface area contributed by atoms with Gasteiger partial charge in [0.05, 0.1) is 0 Å². The second kappa shape index (κ2) is 6.51. The summed E-state index contributed by atoms with van der Waals surface area (Å²) in [5.41, 5.74) is -0.284. The molecule has 0 atom stereocenters. The van der Waals surface area contributed by atoms with Crippen LogP contribution in [0.2, 0.25) is 0 Å². The van der Waals surface area contributed by atoms with Crippen molar-refractivity contribution in [2.75, 3.05) is 0 Å². The summed E-state index contributed by atoms with van der Waals surface area (Å²) in [7, 11) is 0. The Morgan fingerprint density at radius 2 is 1.15 bits per heavy atom. The lowest BCUT2D eigenvalue weighted by atomic mass is 10.1. The summed E-state index contributed by atoms with van der Waals surface area (Å²) in [6.07, 6.45) is 8.99. The zero-order chi connectivity index (χ0) is 19.1. The van der Waals surface area contributed by atoms with Crippen molar-refractivity contribution in [2.45, 2.75) is 62.9 Å². The lowest BCUT2D eigenvalue weighted by Crippen LogP contribution is -2.47. The summed E-state index contributed by atoms with van der Waals surface area (Å²) in [4.78, 5) is 48.6. The molecule has 0 N–H and O–H groups in total. The van der Waals surface area contributed by atoms with Crippen molar-refractivity contribution in [3.05, 3.63) is 23.8 Å². The molecule has 4 aliphatic rings. The number of esters is 4. The highest BCUT2D eigenvalue weighted by Crippen LogP contribution is 2.39. The maximum atomic E-state index is 12.2. The maximum Gasteiger partial charge on any atom is 0.348 e. The van der Waals surface area contributed by atoms with Gasteiger partial charge in [0.1, 0.15) is 5.57 Å². The summed E-state index contributed by atoms with van der Waals surface area (Å²) in [6.45, 7) is 0. The van der Waals surface area contributed by atoms with Gasteiger partial charge in [-0.15, -0.1) is 0 Å². The van der Waals surface area contributed by atoms with Crippen LogP contribution < -0.4 is 0 Å². The molecular weight excluding hydrogens is 356 g/mol. The zero-order valence-corrected chi connectivity index (χ0v) is 14.7. The Kier molecular flexibility index (Phi) is 4.28. The van der Waals surface area contributed by atoms with Gasteiger partial charge in [-0.3, -0.25) is 9.59 Å². The molecule has 0 unspecified atom stereocenters. The normalized spacial score (nSPS) is 29.0. The van der Waals surface area contributed by atoms with Crippen LogP contribution in [0.1, 0.15) is 51.4 Å². The molecular formula is C19H20O8. The van der Waals surface area contributed by atoms with Crippen molar-refractivity contribution in [3.8, 4) is 0 Å². The van der Waals surface area contributed by atoms with Crippen molar-refractivity contribution < 1.29 is 38.1 Å². The van der Waals surface area contributed by atoms with Crippen molar-refractivity contribution in [3.63, 3.8) is 0 Å². The van der Waals surface area contributed by atoms with Crippen LogP contribution in [-0.4, -0.2) is 35.5 Å². The number of hydrogen-bond donors (Lipinski definition) is 0. The number of allylic oxidation sites excluding steroid dienone is 2. The Hall–Kier alpha value is -2.64. The fourth-order valence-corrected chi connectivity index (χ4v) is 3.95. The molecule has 27 heavy (non-hydrogen) atoms. The van der Waals surface area contributed by atoms with Gasteiger partial charge in [0.15, 0.2) is 5.92 Å². The second-order valence-corrected chi connectivity index (χ2v) is 7.30. The zero-order valence-electron chi connectivity index (χ0n) is 14.7. The molecule has 2 saturated heterocycles. The average molecular weight is 376 g/mol. The maximum absolute atomic E-state index is 12.2. The van der Waals surface area contributed by atoms with E-state index in [0.29, 0.717) is 25.7 Å². The van der Waals surface area contributed by atoms with Gasteiger partial charge in [0.25, 0.3) is 11.6 Å². The summed E-state index contributed by atoms with van der Waals surface area (Å²) in [6, 6.07) is 0. The molecule has 8 heteroatoms. The third-order valence-electron chi connectivity index (χ3n) is 5.38. The van der Waals surface area contributed by atoms with Crippen LogP contribution in [0.5, 0.6) is 0 Å². The molecule has 2 aliphatic heterocycles. The Balaban J connectivity index is 1.44. The SMILES string of the molecule is O=C1OC2(CCCC2)OC(=O)C1=CC=CC1C(=O)OC2(CCCC2)OC1=O. The van der Waals surface area contributed by atoms with Crippen LogP contribution in [0.15, 0.2) is 23.8 Å². The fraction of sp³-hybridized carbons (Fsp3) is 0.579. The fourth-order valence-electron chi connectivity index (χ4n) is 3.95. The van der Waals surface area contributed by atoms with E-state index in [1.54, 1.807) is 0 Å². The molecule has 0 bridgehead atoms.